The summed E-state index contributed by atoms with van der Waals surface area (Å²) >= 11 is 0. The van der Waals surface area contributed by atoms with Crippen molar-refractivity contribution in [3.63, 3.8) is 0 Å². The van der Waals surface area contributed by atoms with Gasteiger partial charge in [-0.15, -0.1) is 0 Å². The molecule has 0 atom stereocenters. The van der Waals surface area contributed by atoms with E-state index < -0.39 is 0 Å². The van der Waals surface area contributed by atoms with Crippen LogP contribution in [0.3, 0.4) is 0 Å². The fourth-order valence-electron chi connectivity index (χ4n) is 2.84. The summed E-state index contributed by atoms with van der Waals surface area (Å²) in [6.45, 7) is 2.45. The Morgan fingerprint density at radius 3 is 2.65 bits per heavy atom. The molecule has 1 amide bonds. The Kier molecular flexibility index (Phi) is 3.96. The zero-order chi connectivity index (χ0) is 18.1. The number of hydrogen-bond donors (Lipinski definition) is 1. The minimum Gasteiger partial charge on any atom is -0.348 e. The molecule has 0 aliphatic carbocycles. The molecular weight excluding hydrogens is 328 g/mol. The highest BCUT2D eigenvalue weighted by Gasteiger charge is 2.16. The van der Waals surface area contributed by atoms with E-state index in [9.17, 15) is 4.79 Å². The first-order valence-corrected chi connectivity index (χ1v) is 8.27. The Balaban J connectivity index is 1.63. The summed E-state index contributed by atoms with van der Waals surface area (Å²) in [5.41, 5.74) is 5.02. The summed E-state index contributed by atoms with van der Waals surface area (Å²) < 4.78 is 3.40. The Bertz CT molecular complexity index is 1080. The Morgan fingerprint density at radius 1 is 1.12 bits per heavy atom. The first-order chi connectivity index (χ1) is 12.6. The van der Waals surface area contributed by atoms with E-state index in [2.05, 4.69) is 20.5 Å². The maximum absolute atomic E-state index is 12.6. The summed E-state index contributed by atoms with van der Waals surface area (Å²) in [5.74, 6) is -0.211. The predicted molar refractivity (Wildman–Crippen MR) is 97.5 cm³/mol. The number of aromatic nitrogens is 5. The van der Waals surface area contributed by atoms with Gasteiger partial charge in [0.25, 0.3) is 5.91 Å². The molecule has 0 spiro atoms. The number of aryl methyl sites for hydroxylation is 2. The van der Waals surface area contributed by atoms with Crippen molar-refractivity contribution < 1.29 is 4.79 Å². The van der Waals surface area contributed by atoms with E-state index in [4.69, 9.17) is 0 Å². The van der Waals surface area contributed by atoms with Crippen LogP contribution in [-0.4, -0.2) is 30.3 Å². The van der Waals surface area contributed by atoms with Crippen molar-refractivity contribution in [2.75, 3.05) is 0 Å². The van der Waals surface area contributed by atoms with Crippen LogP contribution in [0.25, 0.3) is 16.9 Å². The molecule has 0 radical (unpaired) electrons. The van der Waals surface area contributed by atoms with Gasteiger partial charge in [-0.3, -0.25) is 9.48 Å². The van der Waals surface area contributed by atoms with Gasteiger partial charge in [-0.2, -0.15) is 10.2 Å². The van der Waals surface area contributed by atoms with Crippen molar-refractivity contribution in [2.24, 2.45) is 7.05 Å². The number of carbonyl (C=O) groups excluding carboxylic acids is 1. The minimum atomic E-state index is -0.211. The molecule has 0 saturated heterocycles. The van der Waals surface area contributed by atoms with Gasteiger partial charge in [0.05, 0.1) is 18.1 Å². The van der Waals surface area contributed by atoms with Gasteiger partial charge >= 0.3 is 0 Å². The highest BCUT2D eigenvalue weighted by Crippen LogP contribution is 2.21. The standard InChI is InChI=1S/C19H18N6O/c1-13-3-5-15(6-4-13)17-7-8-20-18-16(11-23-25(17)18)19(26)21-9-14-10-22-24(2)12-14/h3-8,10-12H,9H2,1-2H3,(H,21,26). The SMILES string of the molecule is Cc1ccc(-c2ccnc3c(C(=O)NCc4cnn(C)c4)cnn23)cc1. The van der Waals surface area contributed by atoms with Crippen LogP contribution >= 0.6 is 0 Å². The van der Waals surface area contributed by atoms with Crippen LogP contribution in [0.15, 0.2) is 55.1 Å². The first-order valence-electron chi connectivity index (χ1n) is 8.27. The normalized spacial score (nSPS) is 11.0. The molecule has 0 bridgehead atoms. The van der Waals surface area contributed by atoms with Crippen molar-refractivity contribution >= 4 is 11.6 Å². The molecule has 4 rings (SSSR count). The highest BCUT2D eigenvalue weighted by atomic mass is 16.1. The third-order valence-electron chi connectivity index (χ3n) is 4.20. The van der Waals surface area contributed by atoms with Gasteiger partial charge in [0, 0.05) is 37.1 Å². The lowest BCUT2D eigenvalue weighted by molar-refractivity contribution is 0.0952. The van der Waals surface area contributed by atoms with Gasteiger partial charge < -0.3 is 5.32 Å². The van der Waals surface area contributed by atoms with E-state index in [1.807, 2.05) is 50.5 Å². The largest absolute Gasteiger partial charge is 0.348 e. The molecule has 0 fully saturated rings. The molecule has 130 valence electrons. The predicted octanol–water partition coefficient (Wildman–Crippen LogP) is 2.37. The molecule has 0 saturated carbocycles. The van der Waals surface area contributed by atoms with Gasteiger partial charge in [0.15, 0.2) is 5.65 Å². The van der Waals surface area contributed by atoms with Crippen LogP contribution in [0.2, 0.25) is 0 Å². The Labute approximate surface area is 150 Å². The number of amides is 1. The summed E-state index contributed by atoms with van der Waals surface area (Å²) in [5, 5.41) is 11.4. The Morgan fingerprint density at radius 2 is 1.92 bits per heavy atom. The second kappa shape index (κ2) is 6.44. The molecule has 3 aromatic heterocycles. The monoisotopic (exact) mass is 346 g/mol. The summed E-state index contributed by atoms with van der Waals surface area (Å²) in [6.07, 6.45) is 6.84. The summed E-state index contributed by atoms with van der Waals surface area (Å²) in [6, 6.07) is 10.1. The van der Waals surface area contributed by atoms with E-state index in [-0.39, 0.29) is 5.91 Å². The molecular formula is C19H18N6O. The average molecular weight is 346 g/mol. The van der Waals surface area contributed by atoms with Crippen LogP contribution in [0, 0.1) is 6.92 Å². The van der Waals surface area contributed by atoms with E-state index in [0.29, 0.717) is 17.8 Å². The maximum atomic E-state index is 12.6. The van der Waals surface area contributed by atoms with Gasteiger partial charge in [0.1, 0.15) is 5.56 Å². The van der Waals surface area contributed by atoms with Crippen molar-refractivity contribution in [3.05, 3.63) is 71.8 Å². The van der Waals surface area contributed by atoms with Gasteiger partial charge in [-0.05, 0) is 13.0 Å². The second-order valence-corrected chi connectivity index (χ2v) is 6.19. The topological polar surface area (TPSA) is 77.1 Å². The molecule has 4 aromatic rings. The lowest BCUT2D eigenvalue weighted by Gasteiger charge is -2.06. The van der Waals surface area contributed by atoms with Crippen LogP contribution in [0.4, 0.5) is 0 Å². The van der Waals surface area contributed by atoms with Crippen molar-refractivity contribution in [2.45, 2.75) is 13.5 Å². The highest BCUT2D eigenvalue weighted by molar-refractivity contribution is 5.99. The van der Waals surface area contributed by atoms with E-state index in [0.717, 1.165) is 16.8 Å². The molecule has 0 aliphatic heterocycles. The zero-order valence-electron chi connectivity index (χ0n) is 14.5. The number of carbonyl (C=O) groups is 1. The van der Waals surface area contributed by atoms with E-state index >= 15 is 0 Å². The van der Waals surface area contributed by atoms with E-state index in [1.54, 1.807) is 27.8 Å². The maximum Gasteiger partial charge on any atom is 0.257 e. The molecule has 3 heterocycles. The summed E-state index contributed by atoms with van der Waals surface area (Å²) in [4.78, 5) is 16.9. The number of hydrogen-bond acceptors (Lipinski definition) is 4. The van der Waals surface area contributed by atoms with Crippen LogP contribution in [0.1, 0.15) is 21.5 Å². The van der Waals surface area contributed by atoms with Gasteiger partial charge in [-0.25, -0.2) is 9.50 Å². The number of benzene rings is 1. The van der Waals surface area contributed by atoms with Crippen molar-refractivity contribution in [1.29, 1.82) is 0 Å². The number of nitrogens with zero attached hydrogens (tertiary/aromatic N) is 5. The van der Waals surface area contributed by atoms with E-state index in [1.165, 1.54) is 5.56 Å². The van der Waals surface area contributed by atoms with Crippen molar-refractivity contribution in [3.8, 4) is 11.3 Å². The average Bonchev–Trinajstić information content (AvgIpc) is 3.26. The Hall–Kier alpha value is -3.48. The number of nitrogens with one attached hydrogen (secondary N) is 1. The quantitative estimate of drug-likeness (QED) is 0.615. The lowest BCUT2D eigenvalue weighted by atomic mass is 10.1. The lowest BCUT2D eigenvalue weighted by Crippen LogP contribution is -2.22. The van der Waals surface area contributed by atoms with Gasteiger partial charge in [0.2, 0.25) is 0 Å². The molecule has 26 heavy (non-hydrogen) atoms. The fourth-order valence-corrected chi connectivity index (χ4v) is 2.84. The summed E-state index contributed by atoms with van der Waals surface area (Å²) in [7, 11) is 1.84. The van der Waals surface area contributed by atoms with Crippen molar-refractivity contribution in [1.82, 2.24) is 29.7 Å². The molecule has 0 aliphatic rings. The second-order valence-electron chi connectivity index (χ2n) is 6.19. The number of rotatable bonds is 4. The smallest absolute Gasteiger partial charge is 0.257 e. The van der Waals surface area contributed by atoms with Crippen LogP contribution in [0.5, 0.6) is 0 Å². The molecule has 1 N–H and O–H groups in total. The first kappa shape index (κ1) is 16.0. The molecule has 0 unspecified atom stereocenters. The molecule has 7 heteroatoms. The zero-order valence-corrected chi connectivity index (χ0v) is 14.5. The van der Waals surface area contributed by atoms with Gasteiger partial charge in [-0.1, -0.05) is 29.8 Å². The molecule has 7 nitrogen and oxygen atoms in total. The third kappa shape index (κ3) is 2.95. The minimum absolute atomic E-state index is 0.211. The molecule has 1 aromatic carbocycles. The fraction of sp³-hybridized carbons (Fsp3) is 0.158. The van der Waals surface area contributed by atoms with Crippen LogP contribution in [-0.2, 0) is 13.6 Å². The third-order valence-corrected chi connectivity index (χ3v) is 4.20. The number of fused-ring (bicyclic) bond motifs is 1. The van der Waals surface area contributed by atoms with Crippen LogP contribution < -0.4 is 5.32 Å².